The molecule has 2 rings (SSSR count). The van der Waals surface area contributed by atoms with E-state index in [9.17, 15) is 13.2 Å². The molecule has 0 spiro atoms. The molecule has 2 N–H and O–H groups in total. The van der Waals surface area contributed by atoms with Crippen molar-refractivity contribution in [1.82, 2.24) is 4.90 Å². The molecule has 2 nitrogen and oxygen atoms in total. The van der Waals surface area contributed by atoms with Gasteiger partial charge in [0, 0.05) is 18.6 Å². The number of hydrogen-bond donors (Lipinski definition) is 1. The van der Waals surface area contributed by atoms with Gasteiger partial charge in [-0.15, -0.1) is 0 Å². The first-order valence-electron chi connectivity index (χ1n) is 6.57. The third-order valence-corrected chi connectivity index (χ3v) is 3.91. The van der Waals surface area contributed by atoms with Gasteiger partial charge in [0.15, 0.2) is 0 Å². The summed E-state index contributed by atoms with van der Waals surface area (Å²) in [7, 11) is 0. The summed E-state index contributed by atoms with van der Waals surface area (Å²) in [5.41, 5.74) is 5.51. The molecule has 2 unspecified atom stereocenters. The Balaban J connectivity index is 2.31. The Hall–Kier alpha value is -1.07. The molecule has 2 atom stereocenters. The van der Waals surface area contributed by atoms with Crippen LogP contribution in [0, 0.1) is 0 Å². The summed E-state index contributed by atoms with van der Waals surface area (Å²) in [6.45, 7) is 3.15. The van der Waals surface area contributed by atoms with Gasteiger partial charge in [0.2, 0.25) is 0 Å². The zero-order valence-electron chi connectivity index (χ0n) is 11.0. The maximum absolute atomic E-state index is 13.0. The smallest absolute Gasteiger partial charge is 0.329 e. The maximum atomic E-state index is 13.0. The lowest BCUT2D eigenvalue weighted by Crippen LogP contribution is -2.37. The summed E-state index contributed by atoms with van der Waals surface area (Å²) in [4.78, 5) is 2.09. The van der Waals surface area contributed by atoms with Gasteiger partial charge in [-0.1, -0.05) is 18.2 Å². The molecule has 106 valence electrons. The fourth-order valence-corrected chi connectivity index (χ4v) is 2.92. The van der Waals surface area contributed by atoms with Gasteiger partial charge in [0.25, 0.3) is 0 Å². The van der Waals surface area contributed by atoms with Crippen LogP contribution in [-0.2, 0) is 6.18 Å². The number of alkyl halides is 3. The van der Waals surface area contributed by atoms with Gasteiger partial charge < -0.3 is 5.73 Å². The minimum atomic E-state index is -4.30. The molecule has 19 heavy (non-hydrogen) atoms. The maximum Gasteiger partial charge on any atom is 0.416 e. The topological polar surface area (TPSA) is 29.3 Å². The second kappa shape index (κ2) is 5.51. The fraction of sp³-hybridized carbons (Fsp3) is 0.571. The summed E-state index contributed by atoms with van der Waals surface area (Å²) in [6, 6.07) is 5.75. The van der Waals surface area contributed by atoms with Crippen LogP contribution in [0.1, 0.15) is 36.9 Å². The van der Waals surface area contributed by atoms with Crippen LogP contribution in [0.5, 0.6) is 0 Å². The Morgan fingerprint density at radius 1 is 1.37 bits per heavy atom. The van der Waals surface area contributed by atoms with E-state index < -0.39 is 11.7 Å². The highest BCUT2D eigenvalue weighted by Crippen LogP contribution is 2.37. The van der Waals surface area contributed by atoms with Crippen molar-refractivity contribution in [2.75, 3.05) is 13.1 Å². The molecular formula is C14H19F3N2. The average Bonchev–Trinajstić information content (AvgIpc) is 2.85. The monoisotopic (exact) mass is 272 g/mol. The van der Waals surface area contributed by atoms with Crippen LogP contribution in [0.3, 0.4) is 0 Å². The quantitative estimate of drug-likeness (QED) is 0.915. The lowest BCUT2D eigenvalue weighted by atomic mass is 9.99. The van der Waals surface area contributed by atoms with Crippen molar-refractivity contribution in [3.05, 3.63) is 35.4 Å². The van der Waals surface area contributed by atoms with E-state index in [0.717, 1.165) is 25.5 Å². The molecule has 0 aliphatic carbocycles. The van der Waals surface area contributed by atoms with Crippen LogP contribution < -0.4 is 5.73 Å². The van der Waals surface area contributed by atoms with Crippen LogP contribution in [0.4, 0.5) is 13.2 Å². The van der Waals surface area contributed by atoms with Gasteiger partial charge in [0.1, 0.15) is 0 Å². The van der Waals surface area contributed by atoms with Gasteiger partial charge >= 0.3 is 6.18 Å². The van der Waals surface area contributed by atoms with E-state index >= 15 is 0 Å². The Bertz CT molecular complexity index is 431. The second-order valence-corrected chi connectivity index (χ2v) is 5.03. The van der Waals surface area contributed by atoms with E-state index in [2.05, 4.69) is 4.90 Å². The molecule has 1 aromatic carbocycles. The Morgan fingerprint density at radius 2 is 2.05 bits per heavy atom. The number of nitrogens with zero attached hydrogens (tertiary/aromatic N) is 1. The largest absolute Gasteiger partial charge is 0.416 e. The number of rotatable bonds is 3. The number of likely N-dealkylation sites (tertiary alicyclic amines) is 1. The highest BCUT2D eigenvalue weighted by atomic mass is 19.4. The van der Waals surface area contributed by atoms with E-state index in [0.29, 0.717) is 12.1 Å². The van der Waals surface area contributed by atoms with Gasteiger partial charge in [-0.3, -0.25) is 4.90 Å². The van der Waals surface area contributed by atoms with Crippen LogP contribution >= 0.6 is 0 Å². The highest BCUT2D eigenvalue weighted by Gasteiger charge is 2.37. The fourth-order valence-electron chi connectivity index (χ4n) is 2.92. The molecular weight excluding hydrogens is 253 g/mol. The van der Waals surface area contributed by atoms with E-state index in [1.807, 2.05) is 6.92 Å². The molecule has 1 aliphatic heterocycles. The van der Waals surface area contributed by atoms with Gasteiger partial charge in [-0.25, -0.2) is 0 Å². The molecule has 1 saturated heterocycles. The van der Waals surface area contributed by atoms with Gasteiger partial charge in [0.05, 0.1) is 5.56 Å². The van der Waals surface area contributed by atoms with Crippen molar-refractivity contribution in [2.24, 2.45) is 5.73 Å². The molecule has 1 aliphatic rings. The van der Waals surface area contributed by atoms with Crippen molar-refractivity contribution in [1.29, 1.82) is 0 Å². The molecule has 1 heterocycles. The first kappa shape index (κ1) is 14.3. The number of halogens is 3. The molecule has 0 saturated carbocycles. The summed E-state index contributed by atoms with van der Waals surface area (Å²) < 4.78 is 39.1. The molecule has 1 aromatic rings. The third kappa shape index (κ3) is 2.92. The Morgan fingerprint density at radius 3 is 2.68 bits per heavy atom. The first-order chi connectivity index (χ1) is 8.95. The number of hydrogen-bond acceptors (Lipinski definition) is 2. The number of benzene rings is 1. The lowest BCUT2D eigenvalue weighted by Gasteiger charge is -2.31. The highest BCUT2D eigenvalue weighted by molar-refractivity contribution is 5.32. The average molecular weight is 272 g/mol. The zero-order chi connectivity index (χ0) is 14.0. The van der Waals surface area contributed by atoms with Crippen molar-refractivity contribution < 1.29 is 13.2 Å². The lowest BCUT2D eigenvalue weighted by molar-refractivity contribution is -0.138. The third-order valence-electron chi connectivity index (χ3n) is 3.91. The Labute approximate surface area is 111 Å². The van der Waals surface area contributed by atoms with E-state index in [1.165, 1.54) is 6.07 Å². The van der Waals surface area contributed by atoms with Crippen molar-refractivity contribution in [3.63, 3.8) is 0 Å². The van der Waals surface area contributed by atoms with Crippen molar-refractivity contribution in [2.45, 2.75) is 38.0 Å². The minimum absolute atomic E-state index is 0.191. The minimum Gasteiger partial charge on any atom is -0.329 e. The molecule has 0 aromatic heterocycles. The standard InChI is InChI=1S/C14H19F3N2/c1-10(19-8-4-5-11(19)9-18)12-6-2-3-7-13(12)14(15,16)17/h2-3,6-7,10-11H,4-5,8-9,18H2,1H3. The van der Waals surface area contributed by atoms with Crippen LogP contribution in [0.15, 0.2) is 24.3 Å². The molecule has 5 heteroatoms. The van der Waals surface area contributed by atoms with E-state index in [4.69, 9.17) is 5.73 Å². The molecule has 1 fully saturated rings. The first-order valence-corrected chi connectivity index (χ1v) is 6.57. The van der Waals surface area contributed by atoms with E-state index in [-0.39, 0.29) is 12.1 Å². The predicted molar refractivity (Wildman–Crippen MR) is 68.6 cm³/mol. The second-order valence-electron chi connectivity index (χ2n) is 5.03. The summed E-state index contributed by atoms with van der Waals surface area (Å²) >= 11 is 0. The molecule has 0 bridgehead atoms. The number of nitrogens with two attached hydrogens (primary N) is 1. The molecule has 0 radical (unpaired) electrons. The SMILES string of the molecule is CC(c1ccccc1C(F)(F)F)N1CCCC1CN. The summed E-state index contributed by atoms with van der Waals surface area (Å²) in [5.74, 6) is 0. The van der Waals surface area contributed by atoms with Crippen molar-refractivity contribution >= 4 is 0 Å². The summed E-state index contributed by atoms with van der Waals surface area (Å²) in [5, 5.41) is 0. The Kier molecular flexibility index (Phi) is 4.16. The van der Waals surface area contributed by atoms with Crippen LogP contribution in [0.2, 0.25) is 0 Å². The van der Waals surface area contributed by atoms with Crippen molar-refractivity contribution in [3.8, 4) is 0 Å². The van der Waals surface area contributed by atoms with E-state index in [1.54, 1.807) is 12.1 Å². The van der Waals surface area contributed by atoms with Gasteiger partial charge in [-0.2, -0.15) is 13.2 Å². The zero-order valence-corrected chi connectivity index (χ0v) is 11.0. The van der Waals surface area contributed by atoms with Crippen LogP contribution in [-0.4, -0.2) is 24.0 Å². The summed E-state index contributed by atoms with van der Waals surface area (Å²) in [6.07, 6.45) is -2.34. The normalized spacial score (nSPS) is 22.7. The molecule has 0 amide bonds. The van der Waals surface area contributed by atoms with Gasteiger partial charge in [-0.05, 0) is 37.9 Å². The van der Waals surface area contributed by atoms with Crippen LogP contribution in [0.25, 0.3) is 0 Å². The predicted octanol–water partition coefficient (Wildman–Crippen LogP) is 3.19.